The zero-order valence-corrected chi connectivity index (χ0v) is 10.9. The molecule has 1 heterocycles. The van der Waals surface area contributed by atoms with Crippen molar-refractivity contribution in [3.05, 3.63) is 12.7 Å². The fourth-order valence-corrected chi connectivity index (χ4v) is 4.52. The van der Waals surface area contributed by atoms with Gasteiger partial charge < -0.3 is 4.74 Å². The summed E-state index contributed by atoms with van der Waals surface area (Å²) in [5.41, 5.74) is -0.825. The van der Waals surface area contributed by atoms with Crippen molar-refractivity contribution in [1.82, 2.24) is 0 Å². The van der Waals surface area contributed by atoms with Crippen molar-refractivity contribution < 1.29 is 9.53 Å². The molecular formula is C14H20N2O2. The summed E-state index contributed by atoms with van der Waals surface area (Å²) in [5.74, 6) is 0.999. The molecule has 2 saturated carbocycles. The first-order valence-electron chi connectivity index (χ1n) is 6.81. The van der Waals surface area contributed by atoms with Gasteiger partial charge in [0.2, 0.25) is 0 Å². The average Bonchev–Trinajstić information content (AvgIpc) is 2.89. The molecule has 0 aromatic heterocycles. The summed E-state index contributed by atoms with van der Waals surface area (Å²) >= 11 is 0. The summed E-state index contributed by atoms with van der Waals surface area (Å²) in [4.78, 5) is 12.3. The lowest BCUT2D eigenvalue weighted by molar-refractivity contribution is -0.149. The van der Waals surface area contributed by atoms with Crippen LogP contribution in [0.25, 0.3) is 0 Å². The third-order valence-electron chi connectivity index (χ3n) is 5.29. The second kappa shape index (κ2) is 3.90. The Morgan fingerprint density at radius 1 is 1.44 bits per heavy atom. The molecule has 18 heavy (non-hydrogen) atoms. The number of hydrogen-bond acceptors (Lipinski definition) is 4. The van der Waals surface area contributed by atoms with Crippen molar-refractivity contribution >= 4 is 5.97 Å². The average molecular weight is 248 g/mol. The molecule has 3 rings (SSSR count). The standard InChI is InChI=1S/C14H20N2O2/c1-3-8-14(12(17)18-2)13(9-15-16-14)10-6-4-5-7-11(10)13/h3,10-11H,1,4-9H2,2H3. The number of nitrogens with zero attached hydrogens (tertiary/aromatic N) is 2. The van der Waals surface area contributed by atoms with Gasteiger partial charge in [0.25, 0.3) is 0 Å². The Morgan fingerprint density at radius 2 is 2.11 bits per heavy atom. The highest BCUT2D eigenvalue weighted by Crippen LogP contribution is 2.73. The summed E-state index contributed by atoms with van der Waals surface area (Å²) in [5, 5.41) is 8.59. The van der Waals surface area contributed by atoms with E-state index in [0.717, 1.165) is 0 Å². The first kappa shape index (κ1) is 11.9. The van der Waals surface area contributed by atoms with Crippen molar-refractivity contribution in [2.45, 2.75) is 37.6 Å². The monoisotopic (exact) mass is 248 g/mol. The SMILES string of the molecule is C=CCC1(C(=O)OC)N=NCC12C1CCCCC12. The molecule has 0 bridgehead atoms. The molecule has 4 heteroatoms. The van der Waals surface area contributed by atoms with Crippen LogP contribution < -0.4 is 0 Å². The minimum atomic E-state index is -0.775. The van der Waals surface area contributed by atoms with Gasteiger partial charge in [0.05, 0.1) is 13.7 Å². The highest BCUT2D eigenvalue weighted by atomic mass is 16.5. The topological polar surface area (TPSA) is 51.0 Å². The van der Waals surface area contributed by atoms with E-state index < -0.39 is 5.54 Å². The van der Waals surface area contributed by atoms with Crippen LogP contribution in [0, 0.1) is 17.3 Å². The normalized spacial score (nSPS) is 44.7. The van der Waals surface area contributed by atoms with E-state index in [9.17, 15) is 4.79 Å². The number of hydrogen-bond donors (Lipinski definition) is 0. The van der Waals surface area contributed by atoms with Gasteiger partial charge in [-0.1, -0.05) is 18.9 Å². The summed E-state index contributed by atoms with van der Waals surface area (Å²) in [6, 6.07) is 0. The van der Waals surface area contributed by atoms with E-state index in [4.69, 9.17) is 4.74 Å². The molecule has 98 valence electrons. The first-order chi connectivity index (χ1) is 8.73. The Hall–Kier alpha value is -1.19. The van der Waals surface area contributed by atoms with Gasteiger partial charge in [-0.3, -0.25) is 0 Å². The van der Waals surface area contributed by atoms with Gasteiger partial charge in [-0.25, -0.2) is 4.79 Å². The molecular weight excluding hydrogens is 228 g/mol. The van der Waals surface area contributed by atoms with E-state index in [0.29, 0.717) is 24.8 Å². The second-order valence-corrected chi connectivity index (χ2v) is 5.78. The van der Waals surface area contributed by atoms with E-state index in [-0.39, 0.29) is 11.4 Å². The number of fused-ring (bicyclic) bond motifs is 3. The number of carbonyl (C=O) groups is 1. The molecule has 3 unspecified atom stereocenters. The predicted molar refractivity (Wildman–Crippen MR) is 67.2 cm³/mol. The molecule has 4 nitrogen and oxygen atoms in total. The Bertz CT molecular complexity index is 406. The Kier molecular flexibility index (Phi) is 2.57. The molecule has 0 aromatic rings. The van der Waals surface area contributed by atoms with Gasteiger partial charge >= 0.3 is 5.97 Å². The smallest absolute Gasteiger partial charge is 0.336 e. The maximum absolute atomic E-state index is 12.3. The van der Waals surface area contributed by atoms with Crippen molar-refractivity contribution in [3.8, 4) is 0 Å². The highest BCUT2D eigenvalue weighted by Gasteiger charge is 2.78. The van der Waals surface area contributed by atoms with Crippen molar-refractivity contribution in [3.63, 3.8) is 0 Å². The summed E-state index contributed by atoms with van der Waals surface area (Å²) in [6.07, 6.45) is 7.31. The Morgan fingerprint density at radius 3 is 2.67 bits per heavy atom. The van der Waals surface area contributed by atoms with Gasteiger partial charge in [0.15, 0.2) is 5.54 Å². The molecule has 0 amide bonds. The molecule has 0 saturated heterocycles. The molecule has 2 aliphatic carbocycles. The minimum Gasteiger partial charge on any atom is -0.467 e. The summed E-state index contributed by atoms with van der Waals surface area (Å²) in [7, 11) is 1.45. The molecule has 3 atom stereocenters. The quantitative estimate of drug-likeness (QED) is 0.569. The number of methoxy groups -OCH3 is 1. The number of carbonyl (C=O) groups excluding carboxylic acids is 1. The number of esters is 1. The highest BCUT2D eigenvalue weighted by molar-refractivity contribution is 5.84. The fraction of sp³-hybridized carbons (Fsp3) is 0.786. The molecule has 2 fully saturated rings. The van der Waals surface area contributed by atoms with E-state index in [1.54, 1.807) is 6.08 Å². The van der Waals surface area contributed by atoms with Gasteiger partial charge in [-0.05, 0) is 24.7 Å². The Labute approximate surface area is 107 Å². The predicted octanol–water partition coefficient (Wildman–Crippen LogP) is 2.75. The Balaban J connectivity index is 1.99. The molecule has 1 aliphatic heterocycles. The maximum atomic E-state index is 12.3. The lowest BCUT2D eigenvalue weighted by Gasteiger charge is -2.29. The molecule has 1 spiro atoms. The maximum Gasteiger partial charge on any atom is 0.336 e. The van der Waals surface area contributed by atoms with Crippen LogP contribution in [-0.2, 0) is 9.53 Å². The zero-order valence-electron chi connectivity index (χ0n) is 10.9. The van der Waals surface area contributed by atoms with Gasteiger partial charge in [0, 0.05) is 11.8 Å². The number of ether oxygens (including phenoxy) is 1. The van der Waals surface area contributed by atoms with Crippen LogP contribution in [-0.4, -0.2) is 25.2 Å². The molecule has 0 aromatic carbocycles. The van der Waals surface area contributed by atoms with Crippen molar-refractivity contribution in [2.75, 3.05) is 13.7 Å². The largest absolute Gasteiger partial charge is 0.467 e. The lowest BCUT2D eigenvalue weighted by atomic mass is 9.76. The van der Waals surface area contributed by atoms with Crippen LogP contribution in [0.15, 0.2) is 22.9 Å². The second-order valence-electron chi connectivity index (χ2n) is 5.78. The van der Waals surface area contributed by atoms with Crippen LogP contribution in [0.1, 0.15) is 32.1 Å². The van der Waals surface area contributed by atoms with Crippen LogP contribution in [0.3, 0.4) is 0 Å². The van der Waals surface area contributed by atoms with Crippen LogP contribution in [0.2, 0.25) is 0 Å². The van der Waals surface area contributed by atoms with Gasteiger partial charge in [-0.15, -0.1) is 6.58 Å². The number of azo groups is 1. The third-order valence-corrected chi connectivity index (χ3v) is 5.29. The van der Waals surface area contributed by atoms with E-state index >= 15 is 0 Å². The van der Waals surface area contributed by atoms with E-state index in [1.807, 2.05) is 0 Å². The van der Waals surface area contributed by atoms with Gasteiger partial charge in [0.1, 0.15) is 0 Å². The van der Waals surface area contributed by atoms with E-state index in [1.165, 1.54) is 32.8 Å². The first-order valence-corrected chi connectivity index (χ1v) is 6.81. The van der Waals surface area contributed by atoms with E-state index in [2.05, 4.69) is 16.8 Å². The minimum absolute atomic E-state index is 0.0508. The van der Waals surface area contributed by atoms with Crippen LogP contribution in [0.4, 0.5) is 0 Å². The number of rotatable bonds is 3. The van der Waals surface area contributed by atoms with Gasteiger partial charge in [-0.2, -0.15) is 10.2 Å². The summed E-state index contributed by atoms with van der Waals surface area (Å²) in [6.45, 7) is 4.49. The molecule has 0 radical (unpaired) electrons. The van der Waals surface area contributed by atoms with Crippen molar-refractivity contribution in [1.29, 1.82) is 0 Å². The molecule has 0 N–H and O–H groups in total. The van der Waals surface area contributed by atoms with Crippen LogP contribution in [0.5, 0.6) is 0 Å². The summed E-state index contributed by atoms with van der Waals surface area (Å²) < 4.78 is 5.03. The molecule has 3 aliphatic rings. The van der Waals surface area contributed by atoms with Crippen LogP contribution >= 0.6 is 0 Å². The lowest BCUT2D eigenvalue weighted by Crippen LogP contribution is -2.46. The third kappa shape index (κ3) is 1.19. The fourth-order valence-electron chi connectivity index (χ4n) is 4.52. The van der Waals surface area contributed by atoms with Crippen molar-refractivity contribution in [2.24, 2.45) is 27.5 Å². The zero-order chi connectivity index (χ0) is 12.8.